The molecule has 3 saturated heterocycles. The Labute approximate surface area is 482 Å². The minimum Gasteiger partial charge on any atom is -0.460 e. The number of amides is 1. The predicted octanol–water partition coefficient (Wildman–Crippen LogP) is 4.16. The Morgan fingerprint density at radius 1 is 0.805 bits per heavy atom. The lowest BCUT2D eigenvalue weighted by atomic mass is 9.78. The molecule has 4 aliphatic heterocycles. The molecule has 20 atom stereocenters. The molecule has 1 amide bonds. The molecular weight excluding hydrogens is 1070 g/mol. The largest absolute Gasteiger partial charge is 0.511 e. The molecule has 2 bridgehead atoms. The second-order valence-electron chi connectivity index (χ2n) is 23.3. The molecule has 4 fully saturated rings. The first-order chi connectivity index (χ1) is 38.9. The Bertz CT molecular complexity index is 2250. The maximum absolute atomic E-state index is 14.7. The van der Waals surface area contributed by atoms with Crippen LogP contribution in [0.25, 0.3) is 0 Å². The monoisotopic (exact) mass is 1160 g/mol. The van der Waals surface area contributed by atoms with Gasteiger partial charge < -0.3 is 78.2 Å². The zero-order valence-electron chi connectivity index (χ0n) is 49.5. The highest BCUT2D eigenvalue weighted by atomic mass is 16.8. The molecule has 1 saturated carbocycles. The molecule has 4 heterocycles. The summed E-state index contributed by atoms with van der Waals surface area (Å²) in [6.45, 7) is 11.3. The lowest BCUT2D eigenvalue weighted by Crippen LogP contribution is -2.61. The summed E-state index contributed by atoms with van der Waals surface area (Å²) in [6.07, 6.45) is -1.01. The van der Waals surface area contributed by atoms with Crippen molar-refractivity contribution >= 4 is 35.4 Å². The quantitative estimate of drug-likeness (QED) is 0.0908. The summed E-state index contributed by atoms with van der Waals surface area (Å²) in [5, 5.41) is 62.7. The van der Waals surface area contributed by atoms with Crippen LogP contribution in [0.15, 0.2) is 47.6 Å². The van der Waals surface area contributed by atoms with Gasteiger partial charge in [-0.25, -0.2) is 9.59 Å². The van der Waals surface area contributed by atoms with Gasteiger partial charge in [-0.05, 0) is 107 Å². The fourth-order valence-corrected chi connectivity index (χ4v) is 12.0. The van der Waals surface area contributed by atoms with E-state index < -0.39 is 139 Å². The van der Waals surface area contributed by atoms with E-state index in [0.29, 0.717) is 57.8 Å². The molecule has 6 N–H and O–H groups in total. The van der Waals surface area contributed by atoms with Crippen molar-refractivity contribution in [3.05, 3.63) is 47.6 Å². The van der Waals surface area contributed by atoms with E-state index in [1.54, 1.807) is 35.0 Å². The third-order valence-corrected chi connectivity index (χ3v) is 17.1. The molecule has 82 heavy (non-hydrogen) atoms. The van der Waals surface area contributed by atoms with Gasteiger partial charge in [0, 0.05) is 58.5 Å². The van der Waals surface area contributed by atoms with Crippen LogP contribution in [0.5, 0.6) is 0 Å². The van der Waals surface area contributed by atoms with E-state index in [2.05, 4.69) is 0 Å². The summed E-state index contributed by atoms with van der Waals surface area (Å²) < 4.78 is 52.4. The Kier molecular flexibility index (Phi) is 27.0. The van der Waals surface area contributed by atoms with E-state index in [1.807, 2.05) is 51.2 Å². The number of aliphatic hydroxyl groups excluding tert-OH is 5. The van der Waals surface area contributed by atoms with Gasteiger partial charge in [0.2, 0.25) is 12.1 Å². The summed E-state index contributed by atoms with van der Waals surface area (Å²) in [6, 6.07) is -1.25. The number of Topliss-reactive ketones (excluding diaryl/α,β-unsaturated/α-hetero) is 3. The summed E-state index contributed by atoms with van der Waals surface area (Å²) in [4.78, 5) is 87.6. The van der Waals surface area contributed by atoms with Gasteiger partial charge in [0.1, 0.15) is 42.3 Å². The lowest BCUT2D eigenvalue weighted by molar-refractivity contribution is -0.289. The average molecular weight is 1160 g/mol. The maximum atomic E-state index is 14.7. The number of piperidine rings is 1. The van der Waals surface area contributed by atoms with Crippen LogP contribution in [0, 0.1) is 35.5 Å². The van der Waals surface area contributed by atoms with E-state index in [4.69, 9.17) is 42.6 Å². The van der Waals surface area contributed by atoms with Crippen molar-refractivity contribution in [2.24, 2.45) is 35.5 Å². The van der Waals surface area contributed by atoms with Gasteiger partial charge in [0.15, 0.2) is 18.0 Å². The van der Waals surface area contributed by atoms with Crippen LogP contribution in [0.1, 0.15) is 126 Å². The minimum absolute atomic E-state index is 0.0128. The molecule has 22 heteroatoms. The normalized spacial score (nSPS) is 40.0. The van der Waals surface area contributed by atoms with Crippen molar-refractivity contribution in [2.45, 2.75) is 211 Å². The van der Waals surface area contributed by atoms with Gasteiger partial charge in [0.25, 0.3) is 11.7 Å². The highest BCUT2D eigenvalue weighted by Crippen LogP contribution is 2.38. The molecule has 0 radical (unpaired) electrons. The predicted molar refractivity (Wildman–Crippen MR) is 295 cm³/mol. The number of fused-ring (bicyclic) bond motifs is 3. The number of allylic oxidation sites excluding steroid dienone is 6. The van der Waals surface area contributed by atoms with E-state index >= 15 is 0 Å². The Morgan fingerprint density at radius 2 is 1.54 bits per heavy atom. The second-order valence-corrected chi connectivity index (χ2v) is 23.3. The van der Waals surface area contributed by atoms with Crippen LogP contribution < -0.4 is 0 Å². The number of hydrogen-bond acceptors (Lipinski definition) is 21. The van der Waals surface area contributed by atoms with E-state index in [0.717, 1.165) is 10.5 Å². The van der Waals surface area contributed by atoms with Crippen LogP contribution >= 0.6 is 0 Å². The number of hydrogen-bond donors (Lipinski definition) is 6. The molecule has 0 spiro atoms. The van der Waals surface area contributed by atoms with Crippen LogP contribution in [-0.2, 0) is 66.6 Å². The number of ether oxygens (including phenoxy) is 9. The van der Waals surface area contributed by atoms with Crippen LogP contribution in [0.4, 0.5) is 4.79 Å². The second kappa shape index (κ2) is 32.3. The topological polar surface area (TPSA) is 310 Å². The lowest BCUT2D eigenvalue weighted by Gasteiger charge is -2.42. The van der Waals surface area contributed by atoms with Gasteiger partial charge in [-0.15, -0.1) is 0 Å². The molecule has 5 aliphatic rings. The van der Waals surface area contributed by atoms with Crippen LogP contribution in [0.2, 0.25) is 0 Å². The first-order valence-electron chi connectivity index (χ1n) is 29.1. The van der Waals surface area contributed by atoms with Gasteiger partial charge in [-0.2, -0.15) is 0 Å². The number of rotatable bonds is 12. The Balaban J connectivity index is 1.54. The van der Waals surface area contributed by atoms with E-state index in [9.17, 15) is 59.4 Å². The van der Waals surface area contributed by atoms with Gasteiger partial charge in [-0.1, -0.05) is 71.1 Å². The van der Waals surface area contributed by atoms with Gasteiger partial charge in [-0.3, -0.25) is 19.2 Å². The van der Waals surface area contributed by atoms with E-state index in [1.165, 1.54) is 20.1 Å². The molecule has 1 aliphatic carbocycles. The molecule has 5 rings (SSSR count). The number of ketones is 3. The zero-order valence-corrected chi connectivity index (χ0v) is 49.5. The zero-order chi connectivity index (χ0) is 60.6. The number of aliphatic hydroxyl groups is 6. The Hall–Kier alpha value is -4.30. The first kappa shape index (κ1) is 68.5. The first-order valence-corrected chi connectivity index (χ1v) is 29.1. The smallest absolute Gasteiger partial charge is 0.460 e. The number of cyclic esters (lactones) is 1. The molecule has 22 nitrogen and oxygen atoms in total. The maximum Gasteiger partial charge on any atom is 0.511 e. The van der Waals surface area contributed by atoms with Crippen molar-refractivity contribution in [3.8, 4) is 0 Å². The molecule has 0 aromatic heterocycles. The van der Waals surface area contributed by atoms with Crippen molar-refractivity contribution in [2.75, 3.05) is 47.7 Å². The number of esters is 1. The number of methoxy groups -OCH3 is 3. The Morgan fingerprint density at radius 3 is 2.21 bits per heavy atom. The fourth-order valence-electron chi connectivity index (χ4n) is 12.0. The van der Waals surface area contributed by atoms with Crippen molar-refractivity contribution < 1.29 is 102 Å². The summed E-state index contributed by atoms with van der Waals surface area (Å²) in [5.41, 5.74) is 0.979. The molecule has 3 unspecified atom stereocenters. The molecular formula is C60H93NO21. The molecule has 0 aromatic carbocycles. The summed E-state index contributed by atoms with van der Waals surface area (Å²) in [5.74, 6) is -9.59. The molecule has 0 aromatic rings. The van der Waals surface area contributed by atoms with Crippen molar-refractivity contribution in [3.63, 3.8) is 0 Å². The standard InChI is InChI=1S/C60H93NO21/c1-33-16-12-11-13-17-34(2)45(74-8)30-41-21-19-39(7)60(73,82-41)55(69)56(70)61-23-15-14-18-42(61)57(71)78-46(36(4)28-40-20-22-44(77-25-24-62)47(29-40)75-9)31-43(64)35(3)27-38(6)53(54(76-10)49(65)37(5)26-33)80-59(72)81-58-52(68)51(67)50(66)48(32-63)79-58/h11-13,16-17,27,33,35-37,39-42,44-48,50-54,58,62-63,66-68,73H,14-15,18-26,28-32H2,1-10H3/b13-11+,16-12+,34-17+,38-27+/t33-,35-,36-,37-,39-,40?,41+,42?,44-,45+,46+,47-,48+,50+,51+,52+,53-,54+,58?,60-/m1/s1. The number of carbonyl (C=O) groups excluding carboxylic acids is 6. The van der Waals surface area contributed by atoms with Crippen molar-refractivity contribution in [1.29, 1.82) is 0 Å². The minimum atomic E-state index is -2.50. The van der Waals surface area contributed by atoms with Crippen LogP contribution in [-0.4, -0.2) is 204 Å². The number of carbonyl (C=O) groups is 6. The van der Waals surface area contributed by atoms with Gasteiger partial charge >= 0.3 is 12.1 Å². The number of nitrogens with zero attached hydrogens (tertiary/aromatic N) is 1. The highest BCUT2D eigenvalue weighted by Gasteiger charge is 2.53. The fraction of sp³-hybridized carbons (Fsp3) is 0.767. The summed E-state index contributed by atoms with van der Waals surface area (Å²) in [7, 11) is 4.38. The highest BCUT2D eigenvalue weighted by molar-refractivity contribution is 6.39. The van der Waals surface area contributed by atoms with E-state index in [-0.39, 0.29) is 68.6 Å². The van der Waals surface area contributed by atoms with Gasteiger partial charge in [0.05, 0.1) is 44.2 Å². The molecule has 464 valence electrons. The van der Waals surface area contributed by atoms with Crippen LogP contribution in [0.3, 0.4) is 0 Å². The third kappa shape index (κ3) is 17.9. The average Bonchev–Trinajstić information content (AvgIpc) is 3.06. The third-order valence-electron chi connectivity index (χ3n) is 17.1. The summed E-state index contributed by atoms with van der Waals surface area (Å²) >= 11 is 0. The SMILES string of the molecule is CO[C@H]1C[C@@H]2CC[C@@H](C)[C@@](O)(O2)C(=O)C(=O)N2CCCCC2C(=O)O[C@H]([C@H](C)CC2CC[C@@H](OCCO)[C@H](OC)C2)CC(=O)[C@H](C)/C=C(\C)[C@@H](OC(=O)OC2O[C@@H](CO)[C@H](O)[C@H](O)[C@@H]2O)[C@@H](OC)C(=O)[C@H](C)C[C@H](C)/C=C/C=C/C=C/1C. The van der Waals surface area contributed by atoms with Crippen molar-refractivity contribution in [1.82, 2.24) is 4.90 Å².